The first kappa shape index (κ1) is 22.4. The van der Waals surface area contributed by atoms with Crippen LogP contribution >= 0.6 is 22.9 Å². The third-order valence-corrected chi connectivity index (χ3v) is 5.74. The molecular formula is C25H19ClN2O4S. The monoisotopic (exact) mass is 478 g/mol. The molecule has 0 spiro atoms. The van der Waals surface area contributed by atoms with Crippen LogP contribution in [-0.4, -0.2) is 18.9 Å². The number of carbonyl (C=O) groups is 2. The van der Waals surface area contributed by atoms with Gasteiger partial charge < -0.3 is 19.8 Å². The summed E-state index contributed by atoms with van der Waals surface area (Å²) >= 11 is 7.26. The number of hydrogen-bond donors (Lipinski definition) is 2. The number of nitrogens with one attached hydrogen (secondary N) is 2. The highest BCUT2D eigenvalue weighted by molar-refractivity contribution is 7.12. The van der Waals surface area contributed by atoms with Gasteiger partial charge in [-0.2, -0.15) is 0 Å². The Labute approximate surface area is 199 Å². The zero-order valence-electron chi connectivity index (χ0n) is 17.5. The molecule has 0 aliphatic carbocycles. The van der Waals surface area contributed by atoms with E-state index in [0.717, 1.165) is 5.56 Å². The molecule has 166 valence electrons. The quantitative estimate of drug-likeness (QED) is 0.294. The van der Waals surface area contributed by atoms with Crippen LogP contribution in [0.15, 0.2) is 82.6 Å². The number of amides is 2. The standard InChI is InChI=1S/C25H19ClN2O4S/c1-31-22-15-18(8-11-20(22)28-25(30)23-3-2-14-33-23)27-24(29)13-10-19-9-12-21(32-19)16-4-6-17(26)7-5-16/h2-15H,1H3,(H,27,29)(H,28,30). The molecular weight excluding hydrogens is 460 g/mol. The van der Waals surface area contributed by atoms with Crippen molar-refractivity contribution in [3.63, 3.8) is 0 Å². The van der Waals surface area contributed by atoms with Crippen LogP contribution in [-0.2, 0) is 4.79 Å². The maximum absolute atomic E-state index is 12.4. The van der Waals surface area contributed by atoms with Gasteiger partial charge in [0, 0.05) is 28.4 Å². The summed E-state index contributed by atoms with van der Waals surface area (Å²) in [4.78, 5) is 25.2. The Morgan fingerprint density at radius 1 is 1.03 bits per heavy atom. The van der Waals surface area contributed by atoms with Crippen LogP contribution in [0.4, 0.5) is 11.4 Å². The second kappa shape index (κ2) is 10.2. The van der Waals surface area contributed by atoms with Gasteiger partial charge in [0.1, 0.15) is 17.3 Å². The molecule has 0 fully saturated rings. The molecule has 2 heterocycles. The lowest BCUT2D eigenvalue weighted by atomic mass is 10.2. The van der Waals surface area contributed by atoms with Gasteiger partial charge in [-0.05, 0) is 66.1 Å². The molecule has 0 aliphatic rings. The van der Waals surface area contributed by atoms with Gasteiger partial charge in [0.05, 0.1) is 17.7 Å². The molecule has 2 N–H and O–H groups in total. The van der Waals surface area contributed by atoms with Gasteiger partial charge in [0.25, 0.3) is 5.91 Å². The molecule has 0 atom stereocenters. The van der Waals surface area contributed by atoms with Crippen LogP contribution in [0.1, 0.15) is 15.4 Å². The molecule has 0 aliphatic heterocycles. The van der Waals surface area contributed by atoms with E-state index in [2.05, 4.69) is 10.6 Å². The molecule has 0 unspecified atom stereocenters. The second-order valence-electron chi connectivity index (χ2n) is 6.88. The SMILES string of the molecule is COc1cc(NC(=O)C=Cc2ccc(-c3ccc(Cl)cc3)o2)ccc1NC(=O)c1cccs1. The third kappa shape index (κ3) is 5.71. The van der Waals surface area contributed by atoms with Gasteiger partial charge in [0.2, 0.25) is 5.91 Å². The highest BCUT2D eigenvalue weighted by Gasteiger charge is 2.12. The Hall–Kier alpha value is -3.81. The smallest absolute Gasteiger partial charge is 0.265 e. The maximum atomic E-state index is 12.4. The van der Waals surface area contributed by atoms with Crippen molar-refractivity contribution in [1.29, 1.82) is 0 Å². The van der Waals surface area contributed by atoms with Crippen LogP contribution in [0.2, 0.25) is 5.02 Å². The van der Waals surface area contributed by atoms with Crippen LogP contribution in [0, 0.1) is 0 Å². The number of benzene rings is 2. The van der Waals surface area contributed by atoms with E-state index in [-0.39, 0.29) is 11.8 Å². The third-order valence-electron chi connectivity index (χ3n) is 4.62. The zero-order chi connectivity index (χ0) is 23.2. The number of ether oxygens (including phenoxy) is 1. The Balaban J connectivity index is 1.39. The Bertz CT molecular complexity index is 1290. The summed E-state index contributed by atoms with van der Waals surface area (Å²) < 4.78 is 11.1. The zero-order valence-corrected chi connectivity index (χ0v) is 19.1. The Kier molecular flexibility index (Phi) is 6.92. The molecule has 4 rings (SSSR count). The summed E-state index contributed by atoms with van der Waals surface area (Å²) in [7, 11) is 1.50. The van der Waals surface area contributed by atoms with Crippen molar-refractivity contribution in [3.05, 3.63) is 93.8 Å². The van der Waals surface area contributed by atoms with Gasteiger partial charge in [-0.15, -0.1) is 11.3 Å². The summed E-state index contributed by atoms with van der Waals surface area (Å²) in [6, 6.07) is 19.5. The molecule has 0 saturated carbocycles. The molecule has 0 radical (unpaired) electrons. The molecule has 33 heavy (non-hydrogen) atoms. The predicted octanol–water partition coefficient (Wildman–Crippen LogP) is 6.57. The number of thiophene rings is 1. The Morgan fingerprint density at radius 3 is 2.58 bits per heavy atom. The minimum Gasteiger partial charge on any atom is -0.494 e. The minimum atomic E-state index is -0.336. The summed E-state index contributed by atoms with van der Waals surface area (Å²) in [6.07, 6.45) is 2.96. The fourth-order valence-corrected chi connectivity index (χ4v) is 3.76. The van der Waals surface area contributed by atoms with Crippen LogP contribution in [0.25, 0.3) is 17.4 Å². The maximum Gasteiger partial charge on any atom is 0.265 e. The summed E-state index contributed by atoms with van der Waals surface area (Å²) in [6.45, 7) is 0. The van der Waals surface area contributed by atoms with Crippen molar-refractivity contribution in [2.75, 3.05) is 17.7 Å². The number of furan rings is 1. The first-order valence-corrected chi connectivity index (χ1v) is 11.2. The lowest BCUT2D eigenvalue weighted by molar-refractivity contribution is -0.111. The number of methoxy groups -OCH3 is 1. The molecule has 0 saturated heterocycles. The summed E-state index contributed by atoms with van der Waals surface area (Å²) in [5.74, 6) is 1.09. The van der Waals surface area contributed by atoms with Crippen molar-refractivity contribution in [1.82, 2.24) is 0 Å². The average Bonchev–Trinajstić information content (AvgIpc) is 3.52. The largest absolute Gasteiger partial charge is 0.494 e. The van der Waals surface area contributed by atoms with E-state index in [9.17, 15) is 9.59 Å². The van der Waals surface area contributed by atoms with Crippen LogP contribution < -0.4 is 15.4 Å². The number of halogens is 1. The van der Waals surface area contributed by atoms with E-state index in [1.807, 2.05) is 29.6 Å². The van der Waals surface area contributed by atoms with Gasteiger partial charge in [-0.25, -0.2) is 0 Å². The fourth-order valence-electron chi connectivity index (χ4n) is 3.02. The van der Waals surface area contributed by atoms with Gasteiger partial charge >= 0.3 is 0 Å². The van der Waals surface area contributed by atoms with Gasteiger partial charge in [0.15, 0.2) is 0 Å². The van der Waals surface area contributed by atoms with E-state index in [1.54, 1.807) is 48.5 Å². The lowest BCUT2D eigenvalue weighted by Gasteiger charge is -2.11. The number of anilines is 2. The molecule has 2 aromatic heterocycles. The first-order valence-electron chi connectivity index (χ1n) is 9.89. The van der Waals surface area contributed by atoms with E-state index in [4.69, 9.17) is 20.8 Å². The molecule has 6 nitrogen and oxygen atoms in total. The fraction of sp³-hybridized carbons (Fsp3) is 0.0400. The predicted molar refractivity (Wildman–Crippen MR) is 132 cm³/mol. The van der Waals surface area contributed by atoms with Gasteiger partial charge in [-0.3, -0.25) is 9.59 Å². The topological polar surface area (TPSA) is 80.6 Å². The van der Waals surface area contributed by atoms with Crippen LogP contribution in [0.3, 0.4) is 0 Å². The van der Waals surface area contributed by atoms with Crippen molar-refractivity contribution < 1.29 is 18.7 Å². The first-order chi connectivity index (χ1) is 16.0. The van der Waals surface area contributed by atoms with Gasteiger partial charge in [-0.1, -0.05) is 17.7 Å². The average molecular weight is 479 g/mol. The molecule has 2 aromatic carbocycles. The summed E-state index contributed by atoms with van der Waals surface area (Å²) in [5, 5.41) is 8.06. The molecule has 0 bridgehead atoms. The van der Waals surface area contributed by atoms with Crippen LogP contribution in [0.5, 0.6) is 5.75 Å². The van der Waals surface area contributed by atoms with Crippen molar-refractivity contribution in [2.24, 2.45) is 0 Å². The molecule has 4 aromatic rings. The van der Waals surface area contributed by atoms with E-state index >= 15 is 0 Å². The van der Waals surface area contributed by atoms with Crippen molar-refractivity contribution in [3.8, 4) is 17.1 Å². The lowest BCUT2D eigenvalue weighted by Crippen LogP contribution is -2.12. The molecule has 2 amide bonds. The molecule has 8 heteroatoms. The highest BCUT2D eigenvalue weighted by Crippen LogP contribution is 2.29. The van der Waals surface area contributed by atoms with E-state index < -0.39 is 0 Å². The number of carbonyl (C=O) groups excluding carboxylic acids is 2. The highest BCUT2D eigenvalue weighted by atomic mass is 35.5. The van der Waals surface area contributed by atoms with E-state index in [1.165, 1.54) is 24.5 Å². The summed E-state index contributed by atoms with van der Waals surface area (Å²) in [5.41, 5.74) is 1.92. The minimum absolute atomic E-state index is 0.223. The van der Waals surface area contributed by atoms with Crippen molar-refractivity contribution in [2.45, 2.75) is 0 Å². The normalized spacial score (nSPS) is 10.8. The Morgan fingerprint density at radius 2 is 1.85 bits per heavy atom. The van der Waals surface area contributed by atoms with Crippen molar-refractivity contribution >= 4 is 52.2 Å². The number of hydrogen-bond acceptors (Lipinski definition) is 5. The van der Waals surface area contributed by atoms with E-state index in [0.29, 0.717) is 38.5 Å². The second-order valence-corrected chi connectivity index (χ2v) is 8.26. The number of rotatable bonds is 7.